The molecule has 3 N–H and O–H groups in total. The number of likely N-dealkylation sites (tertiary alicyclic amines) is 2. The highest BCUT2D eigenvalue weighted by Crippen LogP contribution is 2.51. The molecule has 1 saturated carbocycles. The van der Waals surface area contributed by atoms with E-state index < -0.39 is 80.1 Å². The van der Waals surface area contributed by atoms with Crippen molar-refractivity contribution in [3.8, 4) is 0 Å². The molecular weight excluding hydrogens is 1090 g/mol. The Balaban J connectivity index is 0.000000250. The minimum Gasteiger partial charge on any atom is -0.445 e. The predicted octanol–water partition coefficient (Wildman–Crippen LogP) is 13.5. The molecule has 3 amide bonds. The molecule has 5 aromatic rings. The number of nitrogens with zero attached hydrogens (tertiary/aromatic N) is 2. The van der Waals surface area contributed by atoms with Crippen molar-refractivity contribution < 1.29 is 58.8 Å². The standard InChI is InChI=1S/C34H48FN3O8SSi.C26H39FN2O3Si/c1-33(2,3)44-32(40)38-20-28(46-48(8,9)34(4,5)6)30(45-47(7,41)42)29(38)26(25-18-36-27-17-23(35)15-16-24(25)27)19-37-31(39)43-21-22-13-11-10-12-14-22;1-25(2,3)31-24(30)29-15-22(32-33(7,8)26(4,5)6)19-12-11-18(23(19)29)20-14-28-21-13-16(27)9-10-17(20)21/h10-18,26,28-30,36H,19-21H2,1-9H3,(H,37,39);9-10,13-14,18-19,22-23,28H,11-12,15H2,1-8H3/t26-,28+,29+,30-;18-,19+,22+,23+/m00/s1. The smallest absolute Gasteiger partial charge is 0.410 e. The molecule has 0 unspecified atom stereocenters. The summed E-state index contributed by atoms with van der Waals surface area (Å²) in [6, 6.07) is 17.3. The maximum atomic E-state index is 14.2. The summed E-state index contributed by atoms with van der Waals surface area (Å²) in [6.45, 7) is 32.9. The number of alkyl carbamates (subject to hydrolysis) is 1. The lowest BCUT2D eigenvalue weighted by Crippen LogP contribution is -2.51. The van der Waals surface area contributed by atoms with Crippen LogP contribution >= 0.6 is 0 Å². The van der Waals surface area contributed by atoms with Crippen LogP contribution in [0.25, 0.3) is 21.8 Å². The Labute approximate surface area is 480 Å². The van der Waals surface area contributed by atoms with Crippen LogP contribution in [-0.4, -0.2) is 131 Å². The molecule has 3 aromatic carbocycles. The van der Waals surface area contributed by atoms with Gasteiger partial charge in [0.15, 0.2) is 16.6 Å². The fraction of sp³-hybridized carbons (Fsp3) is 0.583. The molecule has 4 heterocycles. The number of fused-ring (bicyclic) bond motifs is 3. The van der Waals surface area contributed by atoms with Gasteiger partial charge in [0, 0.05) is 71.1 Å². The molecule has 2 aromatic heterocycles. The van der Waals surface area contributed by atoms with Crippen molar-refractivity contribution in [2.75, 3.05) is 25.9 Å². The number of carbonyl (C=O) groups excluding carboxylic acids is 3. The summed E-state index contributed by atoms with van der Waals surface area (Å²) in [7, 11) is -8.64. The van der Waals surface area contributed by atoms with Gasteiger partial charge in [-0.05, 0) is 144 Å². The first kappa shape index (κ1) is 63.3. The third-order valence-corrected chi connectivity index (χ3v) is 26.2. The molecule has 0 bridgehead atoms. The second-order valence-corrected chi connectivity index (χ2v) is 38.2. The minimum absolute atomic E-state index is 0.0102. The van der Waals surface area contributed by atoms with Crippen LogP contribution in [0, 0.1) is 17.6 Å². The normalized spacial score (nSPS) is 22.3. The molecule has 8 rings (SSSR count). The second kappa shape index (κ2) is 23.7. The van der Waals surface area contributed by atoms with Crippen LogP contribution in [0.15, 0.2) is 79.1 Å². The fourth-order valence-electron chi connectivity index (χ4n) is 10.9. The third-order valence-electron chi connectivity index (χ3n) is 16.6. The highest BCUT2D eigenvalue weighted by atomic mass is 32.2. The van der Waals surface area contributed by atoms with Gasteiger partial charge in [-0.15, -0.1) is 0 Å². The number of aromatic nitrogens is 2. The summed E-state index contributed by atoms with van der Waals surface area (Å²) in [6.07, 6.45) is 2.87. The van der Waals surface area contributed by atoms with Gasteiger partial charge in [0.05, 0.1) is 31.1 Å². The average molecular weight is 1180 g/mol. The Morgan fingerprint density at radius 2 is 1.22 bits per heavy atom. The Morgan fingerprint density at radius 1 is 0.704 bits per heavy atom. The van der Waals surface area contributed by atoms with E-state index in [9.17, 15) is 31.6 Å². The number of H-pyrrole nitrogens is 2. The minimum atomic E-state index is -4.08. The van der Waals surface area contributed by atoms with Gasteiger partial charge >= 0.3 is 18.3 Å². The van der Waals surface area contributed by atoms with E-state index in [2.05, 4.69) is 69.9 Å². The molecule has 0 radical (unpaired) electrons. The van der Waals surface area contributed by atoms with Crippen molar-refractivity contribution in [2.45, 2.75) is 192 Å². The van der Waals surface area contributed by atoms with Crippen LogP contribution in [0.2, 0.25) is 36.3 Å². The van der Waals surface area contributed by atoms with Crippen LogP contribution < -0.4 is 5.32 Å². The Kier molecular flexibility index (Phi) is 18.5. The van der Waals surface area contributed by atoms with Crippen molar-refractivity contribution in [1.29, 1.82) is 0 Å². The van der Waals surface area contributed by atoms with Crippen LogP contribution in [-0.2, 0) is 44.0 Å². The number of amides is 3. The Morgan fingerprint density at radius 3 is 1.78 bits per heavy atom. The predicted molar refractivity (Wildman–Crippen MR) is 317 cm³/mol. The summed E-state index contributed by atoms with van der Waals surface area (Å²) in [5.74, 6) is -1.07. The van der Waals surface area contributed by atoms with Gasteiger partial charge in [0.1, 0.15) is 35.5 Å². The van der Waals surface area contributed by atoms with Crippen molar-refractivity contribution in [2.24, 2.45) is 5.92 Å². The maximum Gasteiger partial charge on any atom is 0.410 e. The molecule has 2 aliphatic heterocycles. The summed E-state index contributed by atoms with van der Waals surface area (Å²) in [5.41, 5.74) is 2.39. The molecule has 3 fully saturated rings. The Hall–Kier alpha value is -5.33. The molecule has 16 nitrogen and oxygen atoms in total. The van der Waals surface area contributed by atoms with E-state index in [0.29, 0.717) is 23.0 Å². The van der Waals surface area contributed by atoms with Crippen LogP contribution in [0.3, 0.4) is 0 Å². The summed E-state index contributed by atoms with van der Waals surface area (Å²) >= 11 is 0. The maximum absolute atomic E-state index is 14.2. The molecule has 2 saturated heterocycles. The lowest BCUT2D eigenvalue weighted by atomic mass is 9.87. The van der Waals surface area contributed by atoms with Gasteiger partial charge in [-0.3, -0.25) is 9.08 Å². The molecule has 21 heteroatoms. The lowest BCUT2D eigenvalue weighted by Gasteiger charge is -2.39. The van der Waals surface area contributed by atoms with E-state index in [1.807, 2.05) is 81.4 Å². The highest BCUT2D eigenvalue weighted by molar-refractivity contribution is 7.86. The van der Waals surface area contributed by atoms with Crippen molar-refractivity contribution in [1.82, 2.24) is 25.1 Å². The van der Waals surface area contributed by atoms with E-state index >= 15 is 0 Å². The highest BCUT2D eigenvalue weighted by Gasteiger charge is 2.57. The van der Waals surface area contributed by atoms with Gasteiger partial charge < -0.3 is 43.2 Å². The zero-order chi connectivity index (χ0) is 60.0. The van der Waals surface area contributed by atoms with E-state index in [4.69, 9.17) is 27.2 Å². The largest absolute Gasteiger partial charge is 0.445 e. The van der Waals surface area contributed by atoms with E-state index in [1.165, 1.54) is 29.2 Å². The van der Waals surface area contributed by atoms with Gasteiger partial charge in [0.2, 0.25) is 0 Å². The number of carbonyl (C=O) groups is 3. The molecule has 81 heavy (non-hydrogen) atoms. The molecule has 8 atom stereocenters. The topological polar surface area (TPSA) is 191 Å². The number of hydrogen-bond donors (Lipinski definition) is 3. The van der Waals surface area contributed by atoms with Gasteiger partial charge in [0.25, 0.3) is 10.1 Å². The molecule has 1 aliphatic carbocycles. The number of rotatable bonds is 13. The van der Waals surface area contributed by atoms with Gasteiger partial charge in [-0.25, -0.2) is 23.2 Å². The zero-order valence-electron chi connectivity index (χ0n) is 50.4. The first-order chi connectivity index (χ1) is 37.3. The number of aromatic amines is 2. The quantitative estimate of drug-likeness (QED) is 0.0577. The van der Waals surface area contributed by atoms with E-state index in [1.54, 1.807) is 33.0 Å². The van der Waals surface area contributed by atoms with Crippen molar-refractivity contribution >= 4 is 66.8 Å². The third kappa shape index (κ3) is 15.3. The Bertz CT molecular complexity index is 3150. The number of ether oxygens (including phenoxy) is 3. The van der Waals surface area contributed by atoms with Crippen LogP contribution in [0.1, 0.15) is 124 Å². The number of benzene rings is 3. The molecule has 0 spiro atoms. The average Bonchev–Trinajstić information content (AvgIpc) is 4.30. The van der Waals surface area contributed by atoms with Crippen molar-refractivity contribution in [3.63, 3.8) is 0 Å². The first-order valence-corrected chi connectivity index (χ1v) is 35.7. The van der Waals surface area contributed by atoms with Crippen LogP contribution in [0.4, 0.5) is 23.2 Å². The molecular formula is C60H87F2N5O11SSi2. The zero-order valence-corrected chi connectivity index (χ0v) is 53.2. The number of nitrogens with one attached hydrogen (secondary N) is 3. The second-order valence-electron chi connectivity index (χ2n) is 27.1. The van der Waals surface area contributed by atoms with Crippen LogP contribution in [0.5, 0.6) is 0 Å². The fourth-order valence-corrected chi connectivity index (χ4v) is 14.2. The molecule has 3 aliphatic rings. The SMILES string of the molecule is CC(C)(C)OC(=O)N1C[C@@H](O[Si](C)(C)C(C)(C)C)[C@H](OS(C)(=O)=O)[C@H]1[C@@H](CNC(=O)OCc1ccccc1)c1c[nH]c2cc(F)ccc12.CC(C)(C)OC(=O)N1C[C@@H](O[Si](C)(C)C(C)(C)C)[C@H]2CC[C@@H](c3c[nH]c4cc(F)ccc34)[C@H]21. The lowest BCUT2D eigenvalue weighted by molar-refractivity contribution is 0.0136. The van der Waals surface area contributed by atoms with Gasteiger partial charge in [-0.2, -0.15) is 8.42 Å². The summed E-state index contributed by atoms with van der Waals surface area (Å²) in [4.78, 5) is 50.0. The van der Waals surface area contributed by atoms with Crippen molar-refractivity contribution in [3.05, 3.63) is 107 Å². The van der Waals surface area contributed by atoms with E-state index in [-0.39, 0.29) is 65.7 Å². The summed E-state index contributed by atoms with van der Waals surface area (Å²) in [5, 5.41) is 4.31. The van der Waals surface area contributed by atoms with E-state index in [0.717, 1.165) is 41.1 Å². The molecule has 446 valence electrons. The monoisotopic (exact) mass is 1180 g/mol. The number of halogens is 2. The van der Waals surface area contributed by atoms with Gasteiger partial charge in [-0.1, -0.05) is 71.9 Å². The first-order valence-electron chi connectivity index (χ1n) is 28.0. The summed E-state index contributed by atoms with van der Waals surface area (Å²) < 4.78 is 90.3. The number of hydrogen-bond acceptors (Lipinski definition) is 11.